The van der Waals surface area contributed by atoms with Gasteiger partial charge in [-0.3, -0.25) is 9.59 Å². The molecule has 0 saturated heterocycles. The second-order valence-corrected chi connectivity index (χ2v) is 7.47. The molecule has 9 heteroatoms. The Hall–Kier alpha value is -3.49. The molecule has 0 atom stereocenters. The van der Waals surface area contributed by atoms with E-state index in [0.29, 0.717) is 28.6 Å². The molecule has 29 heavy (non-hydrogen) atoms. The first-order valence-electron chi connectivity index (χ1n) is 9.62. The van der Waals surface area contributed by atoms with Gasteiger partial charge in [-0.1, -0.05) is 0 Å². The van der Waals surface area contributed by atoms with Gasteiger partial charge in [0.25, 0.3) is 0 Å². The van der Waals surface area contributed by atoms with Gasteiger partial charge in [0.1, 0.15) is 23.7 Å². The lowest BCUT2D eigenvalue weighted by Gasteiger charge is -2.11. The van der Waals surface area contributed by atoms with E-state index >= 15 is 0 Å². The second-order valence-electron chi connectivity index (χ2n) is 7.47. The zero-order chi connectivity index (χ0) is 20.0. The van der Waals surface area contributed by atoms with Crippen molar-refractivity contribution < 1.29 is 14.3 Å². The Morgan fingerprint density at radius 3 is 2.55 bits per heavy atom. The molecule has 2 aliphatic carbocycles. The monoisotopic (exact) mass is 392 g/mol. The molecular weight excluding hydrogens is 372 g/mol. The van der Waals surface area contributed by atoms with E-state index in [1.165, 1.54) is 11.0 Å². The van der Waals surface area contributed by atoms with Crippen molar-refractivity contribution in [3.63, 3.8) is 0 Å². The lowest BCUT2D eigenvalue weighted by atomic mass is 10.2. The average molecular weight is 392 g/mol. The summed E-state index contributed by atoms with van der Waals surface area (Å²) in [6.07, 6.45) is 6.84. The maximum Gasteiger partial charge on any atom is 0.249 e. The summed E-state index contributed by atoms with van der Waals surface area (Å²) in [5.41, 5.74) is 1.36. The van der Waals surface area contributed by atoms with Gasteiger partial charge in [0.15, 0.2) is 0 Å². The van der Waals surface area contributed by atoms with Gasteiger partial charge in [-0.05, 0) is 31.7 Å². The number of benzene rings is 1. The highest BCUT2D eigenvalue weighted by atomic mass is 16.5. The molecule has 2 N–H and O–H groups in total. The molecule has 2 saturated carbocycles. The van der Waals surface area contributed by atoms with Crippen LogP contribution in [-0.4, -0.2) is 38.7 Å². The number of methoxy groups -OCH3 is 1. The molecule has 0 aliphatic heterocycles. The molecule has 0 radical (unpaired) electrons. The zero-order valence-corrected chi connectivity index (χ0v) is 15.9. The predicted molar refractivity (Wildman–Crippen MR) is 106 cm³/mol. The number of fused-ring (bicyclic) bond motifs is 1. The Balaban J connectivity index is 1.41. The number of carbonyl (C=O) groups is 2. The fourth-order valence-corrected chi connectivity index (χ4v) is 3.16. The van der Waals surface area contributed by atoms with Crippen LogP contribution in [0, 0.1) is 11.8 Å². The van der Waals surface area contributed by atoms with Crippen LogP contribution in [0.5, 0.6) is 5.75 Å². The van der Waals surface area contributed by atoms with Crippen molar-refractivity contribution in [3.8, 4) is 5.75 Å². The molecule has 0 spiro atoms. The molecule has 2 aliphatic rings. The average Bonchev–Trinajstić information content (AvgIpc) is 3.62. The van der Waals surface area contributed by atoms with Crippen LogP contribution >= 0.6 is 0 Å². The highest BCUT2D eigenvalue weighted by Crippen LogP contribution is 2.34. The minimum absolute atomic E-state index is 0.0126. The smallest absolute Gasteiger partial charge is 0.249 e. The van der Waals surface area contributed by atoms with Crippen LogP contribution in [0.2, 0.25) is 0 Å². The summed E-state index contributed by atoms with van der Waals surface area (Å²) in [6.45, 7) is 0. The standard InChI is InChI=1S/C20H20N6O3/c1-29-16-7-14-13(9-26(25-14)20(28)12-4-5-12)6-15(16)23-17-8-18(22-10-21-17)24-19(27)11-2-3-11/h6-12H,2-5H2,1H3,(H2,21,22,23,24,27). The Bertz CT molecular complexity index is 1120. The summed E-state index contributed by atoms with van der Waals surface area (Å²) >= 11 is 0. The molecule has 1 aromatic carbocycles. The number of nitrogens with one attached hydrogen (secondary N) is 2. The quantitative estimate of drug-likeness (QED) is 0.663. The minimum Gasteiger partial charge on any atom is -0.494 e. The summed E-state index contributed by atoms with van der Waals surface area (Å²) in [5, 5.41) is 11.2. The number of hydrogen-bond acceptors (Lipinski definition) is 7. The van der Waals surface area contributed by atoms with Crippen LogP contribution in [0.4, 0.5) is 17.3 Å². The van der Waals surface area contributed by atoms with Crippen molar-refractivity contribution in [1.29, 1.82) is 0 Å². The summed E-state index contributed by atoms with van der Waals surface area (Å²) in [5.74, 6) is 1.74. The van der Waals surface area contributed by atoms with E-state index in [1.807, 2.05) is 6.07 Å². The maximum absolute atomic E-state index is 12.3. The number of amides is 1. The lowest BCUT2D eigenvalue weighted by Crippen LogP contribution is -2.14. The highest BCUT2D eigenvalue weighted by molar-refractivity contribution is 5.94. The Morgan fingerprint density at radius 1 is 1.07 bits per heavy atom. The fourth-order valence-electron chi connectivity index (χ4n) is 3.16. The number of aromatic nitrogens is 4. The van der Waals surface area contributed by atoms with Crippen LogP contribution in [0.1, 0.15) is 30.5 Å². The zero-order valence-electron chi connectivity index (χ0n) is 15.9. The van der Waals surface area contributed by atoms with E-state index < -0.39 is 0 Å². The van der Waals surface area contributed by atoms with Gasteiger partial charge in [-0.2, -0.15) is 5.10 Å². The Kier molecular flexibility index (Phi) is 4.15. The molecule has 9 nitrogen and oxygen atoms in total. The molecule has 2 aromatic heterocycles. The Morgan fingerprint density at radius 2 is 1.83 bits per heavy atom. The molecule has 2 fully saturated rings. The maximum atomic E-state index is 12.3. The van der Waals surface area contributed by atoms with Gasteiger partial charge in [-0.15, -0.1) is 0 Å². The van der Waals surface area contributed by atoms with Gasteiger partial charge in [-0.25, -0.2) is 14.6 Å². The van der Waals surface area contributed by atoms with Gasteiger partial charge in [0.2, 0.25) is 11.8 Å². The first-order valence-corrected chi connectivity index (χ1v) is 9.62. The van der Waals surface area contributed by atoms with Crippen molar-refractivity contribution >= 4 is 40.0 Å². The first kappa shape index (κ1) is 17.6. The van der Waals surface area contributed by atoms with Gasteiger partial charge in [0, 0.05) is 35.6 Å². The van der Waals surface area contributed by atoms with Crippen LogP contribution in [0.3, 0.4) is 0 Å². The summed E-state index contributed by atoms with van der Waals surface area (Å²) in [7, 11) is 1.57. The minimum atomic E-state index is -0.0126. The molecule has 0 bridgehead atoms. The third-order valence-corrected chi connectivity index (χ3v) is 5.11. The molecule has 148 valence electrons. The van der Waals surface area contributed by atoms with Gasteiger partial charge >= 0.3 is 0 Å². The molecule has 2 heterocycles. The molecule has 3 aromatic rings. The van der Waals surface area contributed by atoms with Crippen molar-refractivity contribution in [1.82, 2.24) is 19.7 Å². The van der Waals surface area contributed by atoms with Crippen molar-refractivity contribution in [2.75, 3.05) is 17.7 Å². The van der Waals surface area contributed by atoms with E-state index in [1.54, 1.807) is 25.4 Å². The largest absolute Gasteiger partial charge is 0.494 e. The van der Waals surface area contributed by atoms with Crippen LogP contribution in [-0.2, 0) is 4.79 Å². The van der Waals surface area contributed by atoms with Crippen molar-refractivity contribution in [2.45, 2.75) is 25.7 Å². The van der Waals surface area contributed by atoms with E-state index in [2.05, 4.69) is 25.7 Å². The van der Waals surface area contributed by atoms with Gasteiger partial charge < -0.3 is 15.4 Å². The summed E-state index contributed by atoms with van der Waals surface area (Å²) in [6, 6.07) is 5.32. The van der Waals surface area contributed by atoms with E-state index in [0.717, 1.165) is 31.1 Å². The number of carbonyl (C=O) groups excluding carboxylic acids is 2. The SMILES string of the molecule is COc1cc2nn(C(=O)C3CC3)cc2cc1Nc1cc(NC(=O)C2CC2)ncn1. The number of nitrogens with zero attached hydrogens (tertiary/aromatic N) is 4. The summed E-state index contributed by atoms with van der Waals surface area (Å²) in [4.78, 5) is 32.6. The van der Waals surface area contributed by atoms with E-state index in [-0.39, 0.29) is 23.7 Å². The Labute approximate surface area is 166 Å². The van der Waals surface area contributed by atoms with E-state index in [4.69, 9.17) is 4.74 Å². The van der Waals surface area contributed by atoms with Crippen LogP contribution in [0.25, 0.3) is 10.9 Å². The second kappa shape index (κ2) is 6.84. The number of anilines is 3. The molecule has 5 rings (SSSR count). The van der Waals surface area contributed by atoms with Crippen molar-refractivity contribution in [3.05, 3.63) is 30.7 Å². The number of hydrogen-bond donors (Lipinski definition) is 2. The fraction of sp³-hybridized carbons (Fsp3) is 0.350. The topological polar surface area (TPSA) is 111 Å². The summed E-state index contributed by atoms with van der Waals surface area (Å²) < 4.78 is 6.90. The highest BCUT2D eigenvalue weighted by Gasteiger charge is 2.31. The third-order valence-electron chi connectivity index (χ3n) is 5.11. The number of ether oxygens (including phenoxy) is 1. The normalized spacial score (nSPS) is 15.9. The lowest BCUT2D eigenvalue weighted by molar-refractivity contribution is -0.117. The molecule has 1 amide bonds. The number of rotatable bonds is 6. The van der Waals surface area contributed by atoms with Crippen molar-refractivity contribution in [2.24, 2.45) is 11.8 Å². The molecule has 0 unspecified atom stereocenters. The van der Waals surface area contributed by atoms with E-state index in [9.17, 15) is 9.59 Å². The molecular formula is C20H20N6O3. The first-order chi connectivity index (χ1) is 14.1. The van der Waals surface area contributed by atoms with Crippen LogP contribution in [0.15, 0.2) is 30.7 Å². The van der Waals surface area contributed by atoms with Gasteiger partial charge in [0.05, 0.1) is 18.3 Å². The predicted octanol–water partition coefficient (Wildman–Crippen LogP) is 2.98. The third kappa shape index (κ3) is 3.63. The van der Waals surface area contributed by atoms with Crippen LogP contribution < -0.4 is 15.4 Å².